The lowest BCUT2D eigenvalue weighted by molar-refractivity contribution is 0.188. The molecule has 1 aromatic heterocycles. The first-order valence-electron chi connectivity index (χ1n) is 10.8. The van der Waals surface area contributed by atoms with Gasteiger partial charge in [-0.15, -0.1) is 0 Å². The molecule has 172 valence electrons. The molecular formula is C25H28N4O3S. The van der Waals surface area contributed by atoms with Gasteiger partial charge in [-0.05, 0) is 56.2 Å². The van der Waals surface area contributed by atoms with Crippen LogP contribution in [-0.4, -0.2) is 47.5 Å². The van der Waals surface area contributed by atoms with E-state index in [2.05, 4.69) is 15.4 Å². The van der Waals surface area contributed by atoms with Crippen LogP contribution in [0.5, 0.6) is 5.75 Å². The van der Waals surface area contributed by atoms with Crippen molar-refractivity contribution < 1.29 is 14.0 Å². The zero-order valence-corrected chi connectivity index (χ0v) is 20.1. The van der Waals surface area contributed by atoms with Crippen molar-refractivity contribution in [3.05, 3.63) is 71.2 Å². The molecule has 1 unspecified atom stereocenters. The molecule has 0 amide bonds. The number of thiocarbonyl (C=S) groups is 1. The second-order valence-electron chi connectivity index (χ2n) is 7.95. The van der Waals surface area contributed by atoms with E-state index in [0.29, 0.717) is 23.4 Å². The summed E-state index contributed by atoms with van der Waals surface area (Å²) in [6, 6.07) is 15.7. The van der Waals surface area contributed by atoms with E-state index in [0.717, 1.165) is 46.7 Å². The summed E-state index contributed by atoms with van der Waals surface area (Å²) in [4.78, 5) is 6.83. The maximum Gasteiger partial charge on any atom is 0.258 e. The molecule has 1 atom stereocenters. The highest BCUT2D eigenvalue weighted by atomic mass is 32.1. The van der Waals surface area contributed by atoms with Crippen molar-refractivity contribution in [3.63, 3.8) is 0 Å². The van der Waals surface area contributed by atoms with Crippen LogP contribution in [0.25, 0.3) is 17.0 Å². The fourth-order valence-corrected chi connectivity index (χ4v) is 4.35. The Morgan fingerprint density at radius 1 is 1.12 bits per heavy atom. The van der Waals surface area contributed by atoms with E-state index in [9.17, 15) is 0 Å². The average Bonchev–Trinajstić information content (AvgIpc) is 3.30. The Kier molecular flexibility index (Phi) is 7.05. The molecule has 0 fully saturated rings. The Hall–Kier alpha value is -3.23. The third-order valence-electron chi connectivity index (χ3n) is 5.69. The summed E-state index contributed by atoms with van der Waals surface area (Å²) >= 11 is 5.73. The molecule has 3 aromatic rings. The number of methoxy groups -OCH3 is 2. The van der Waals surface area contributed by atoms with Crippen molar-refractivity contribution in [1.82, 2.24) is 20.4 Å². The van der Waals surface area contributed by atoms with Gasteiger partial charge in [-0.1, -0.05) is 41.1 Å². The molecule has 2 aromatic carbocycles. The molecule has 0 bridgehead atoms. The molecule has 0 radical (unpaired) electrons. The molecule has 1 aliphatic heterocycles. The van der Waals surface area contributed by atoms with E-state index in [1.807, 2.05) is 62.4 Å². The van der Waals surface area contributed by atoms with Crippen molar-refractivity contribution in [2.75, 3.05) is 27.4 Å². The molecule has 1 aliphatic rings. The van der Waals surface area contributed by atoms with Gasteiger partial charge < -0.3 is 24.2 Å². The van der Waals surface area contributed by atoms with Crippen molar-refractivity contribution in [3.8, 4) is 17.1 Å². The van der Waals surface area contributed by atoms with Gasteiger partial charge in [0.15, 0.2) is 5.11 Å². The second kappa shape index (κ2) is 10.1. The zero-order valence-electron chi connectivity index (χ0n) is 19.3. The molecule has 1 N–H and O–H groups in total. The van der Waals surface area contributed by atoms with Gasteiger partial charge in [0.2, 0.25) is 5.82 Å². The van der Waals surface area contributed by atoms with Gasteiger partial charge in [0.1, 0.15) is 5.75 Å². The Labute approximate surface area is 199 Å². The number of hydrogen-bond acceptors (Lipinski definition) is 6. The smallest absolute Gasteiger partial charge is 0.258 e. The van der Waals surface area contributed by atoms with Crippen LogP contribution in [0.3, 0.4) is 0 Å². The summed E-state index contributed by atoms with van der Waals surface area (Å²) in [7, 11) is 3.36. The molecule has 0 saturated heterocycles. The second-order valence-corrected chi connectivity index (χ2v) is 8.34. The van der Waals surface area contributed by atoms with Crippen LogP contribution in [0.2, 0.25) is 0 Å². The molecule has 33 heavy (non-hydrogen) atoms. The van der Waals surface area contributed by atoms with Gasteiger partial charge in [-0.3, -0.25) is 0 Å². The van der Waals surface area contributed by atoms with Gasteiger partial charge in [0.05, 0.1) is 18.7 Å². The fourth-order valence-electron chi connectivity index (χ4n) is 4.00. The van der Waals surface area contributed by atoms with Gasteiger partial charge in [0.25, 0.3) is 5.89 Å². The summed E-state index contributed by atoms with van der Waals surface area (Å²) < 4.78 is 16.5. The van der Waals surface area contributed by atoms with Crippen LogP contribution in [-0.2, 0) is 4.74 Å². The molecule has 0 spiro atoms. The number of rotatable bonds is 8. The lowest BCUT2D eigenvalue weighted by Gasteiger charge is -2.37. The van der Waals surface area contributed by atoms with Crippen molar-refractivity contribution in [1.29, 1.82) is 0 Å². The molecule has 7 nitrogen and oxygen atoms in total. The first kappa shape index (κ1) is 22.9. The summed E-state index contributed by atoms with van der Waals surface area (Å²) in [6.45, 7) is 5.46. The quantitative estimate of drug-likeness (QED) is 0.378. The monoisotopic (exact) mass is 464 g/mol. The third-order valence-corrected chi connectivity index (χ3v) is 6.02. The maximum atomic E-state index is 5.80. The molecule has 4 rings (SSSR count). The summed E-state index contributed by atoms with van der Waals surface area (Å²) in [5.41, 5.74) is 4.91. The number of aromatic nitrogens is 2. The van der Waals surface area contributed by atoms with Crippen molar-refractivity contribution >= 4 is 22.9 Å². The Morgan fingerprint density at radius 3 is 2.70 bits per heavy atom. The predicted molar refractivity (Wildman–Crippen MR) is 132 cm³/mol. The van der Waals surface area contributed by atoms with Crippen LogP contribution in [0, 0.1) is 6.92 Å². The molecule has 8 heteroatoms. The first-order chi connectivity index (χ1) is 16.0. The van der Waals surface area contributed by atoms with E-state index in [1.165, 1.54) is 0 Å². The lowest BCUT2D eigenvalue weighted by Crippen LogP contribution is -2.46. The van der Waals surface area contributed by atoms with Gasteiger partial charge >= 0.3 is 0 Å². The summed E-state index contributed by atoms with van der Waals surface area (Å²) in [5.74, 6) is 1.78. The number of allylic oxidation sites excluding steroid dienone is 1. The van der Waals surface area contributed by atoms with Crippen molar-refractivity contribution in [2.24, 2.45) is 0 Å². The normalized spacial score (nSPS) is 16.2. The largest absolute Gasteiger partial charge is 0.497 e. The van der Waals surface area contributed by atoms with E-state index >= 15 is 0 Å². The highest BCUT2D eigenvalue weighted by Crippen LogP contribution is 2.38. The number of hydrogen-bond donors (Lipinski definition) is 1. The average molecular weight is 465 g/mol. The standard InChI is InChI=1S/C25H28N4O3S/c1-16-8-5-10-19(14-16)23-27-24(32-28-23)21-17(2)29(12-7-13-30-3)25(33)26-22(21)18-9-6-11-20(15-18)31-4/h5-6,8-11,14-15,22H,7,12-13H2,1-4H3,(H,26,33). The topological polar surface area (TPSA) is 72.7 Å². The van der Waals surface area contributed by atoms with Crippen LogP contribution in [0.15, 0.2) is 58.8 Å². The maximum absolute atomic E-state index is 5.80. The van der Waals surface area contributed by atoms with E-state index in [4.69, 9.17) is 31.2 Å². The Bertz CT molecular complexity index is 1170. The number of nitrogens with zero attached hydrogens (tertiary/aromatic N) is 3. The van der Waals surface area contributed by atoms with Gasteiger partial charge in [-0.2, -0.15) is 4.98 Å². The minimum atomic E-state index is -0.253. The number of nitrogens with one attached hydrogen (secondary N) is 1. The zero-order chi connectivity index (χ0) is 23.4. The van der Waals surface area contributed by atoms with Crippen LogP contribution >= 0.6 is 12.2 Å². The van der Waals surface area contributed by atoms with Crippen LogP contribution < -0.4 is 10.1 Å². The molecular weight excluding hydrogens is 436 g/mol. The van der Waals surface area contributed by atoms with E-state index < -0.39 is 0 Å². The highest BCUT2D eigenvalue weighted by Gasteiger charge is 2.34. The van der Waals surface area contributed by atoms with Gasteiger partial charge in [0, 0.05) is 31.5 Å². The van der Waals surface area contributed by atoms with Gasteiger partial charge in [-0.25, -0.2) is 0 Å². The summed E-state index contributed by atoms with van der Waals surface area (Å²) in [6.07, 6.45) is 0.838. The lowest BCUT2D eigenvalue weighted by atomic mass is 9.94. The Morgan fingerprint density at radius 2 is 1.94 bits per heavy atom. The van der Waals surface area contributed by atoms with Crippen LogP contribution in [0.1, 0.15) is 36.4 Å². The highest BCUT2D eigenvalue weighted by molar-refractivity contribution is 7.80. The number of aryl methyl sites for hydroxylation is 1. The minimum Gasteiger partial charge on any atom is -0.497 e. The minimum absolute atomic E-state index is 0.253. The van der Waals surface area contributed by atoms with E-state index in [-0.39, 0.29) is 6.04 Å². The molecule has 0 saturated carbocycles. The molecule has 0 aliphatic carbocycles. The van der Waals surface area contributed by atoms with Crippen molar-refractivity contribution in [2.45, 2.75) is 26.3 Å². The fraction of sp³-hybridized carbons (Fsp3) is 0.320. The SMILES string of the molecule is COCCCN1C(=S)NC(c2cccc(OC)c2)C(c2nc(-c3cccc(C)c3)no2)=C1C. The Balaban J connectivity index is 1.78. The predicted octanol–water partition coefficient (Wildman–Crippen LogP) is 4.75. The third kappa shape index (κ3) is 4.91. The number of benzene rings is 2. The van der Waals surface area contributed by atoms with E-state index in [1.54, 1.807) is 14.2 Å². The summed E-state index contributed by atoms with van der Waals surface area (Å²) in [5, 5.41) is 8.40. The molecule has 2 heterocycles. The van der Waals surface area contributed by atoms with Crippen LogP contribution in [0.4, 0.5) is 0 Å². The first-order valence-corrected chi connectivity index (χ1v) is 11.3. The number of ether oxygens (including phenoxy) is 2.